The van der Waals surface area contributed by atoms with Crippen molar-refractivity contribution in [2.45, 2.75) is 59.2 Å². The number of nitrogens with one attached hydrogen (secondary N) is 2. The molecule has 0 spiro atoms. The lowest BCUT2D eigenvalue weighted by molar-refractivity contribution is 0.0507. The Morgan fingerprint density at radius 2 is 2.11 bits per heavy atom. The van der Waals surface area contributed by atoms with Crippen molar-refractivity contribution in [3.63, 3.8) is 0 Å². The van der Waals surface area contributed by atoms with Crippen molar-refractivity contribution in [2.75, 3.05) is 26.2 Å². The van der Waals surface area contributed by atoms with Crippen LogP contribution in [0.2, 0.25) is 0 Å². The van der Waals surface area contributed by atoms with Crippen LogP contribution in [0.5, 0.6) is 5.75 Å². The van der Waals surface area contributed by atoms with Gasteiger partial charge >= 0.3 is 6.09 Å². The molecule has 7 heteroatoms. The van der Waals surface area contributed by atoms with Crippen LogP contribution in [0.15, 0.2) is 29.3 Å². The second-order valence-corrected chi connectivity index (χ2v) is 7.83. The first-order valence-electron chi connectivity index (χ1n) is 10.0. The maximum Gasteiger partial charge on any atom is 0.407 e. The SMILES string of the molecule is CCNC(=NCc1cccc(OCC)c1)N1CCC(NC(=O)OC(C)(C)C)C1. The van der Waals surface area contributed by atoms with Crippen molar-refractivity contribution in [2.24, 2.45) is 4.99 Å². The summed E-state index contributed by atoms with van der Waals surface area (Å²) >= 11 is 0. The summed E-state index contributed by atoms with van der Waals surface area (Å²) in [6, 6.07) is 8.06. The van der Waals surface area contributed by atoms with Gasteiger partial charge in [-0.05, 0) is 58.7 Å². The number of benzene rings is 1. The summed E-state index contributed by atoms with van der Waals surface area (Å²) in [7, 11) is 0. The maximum atomic E-state index is 12.0. The summed E-state index contributed by atoms with van der Waals surface area (Å²) in [6.07, 6.45) is 0.498. The fourth-order valence-electron chi connectivity index (χ4n) is 3.04. The Bertz CT molecular complexity index is 670. The highest BCUT2D eigenvalue weighted by Gasteiger charge is 2.27. The van der Waals surface area contributed by atoms with E-state index in [4.69, 9.17) is 14.5 Å². The van der Waals surface area contributed by atoms with E-state index < -0.39 is 5.60 Å². The third kappa shape index (κ3) is 7.29. The number of aliphatic imine (C=N–C) groups is 1. The number of hydrogen-bond acceptors (Lipinski definition) is 4. The molecule has 7 nitrogen and oxygen atoms in total. The molecule has 1 unspecified atom stereocenters. The molecule has 2 rings (SSSR count). The molecular formula is C21H34N4O3. The minimum Gasteiger partial charge on any atom is -0.494 e. The van der Waals surface area contributed by atoms with Crippen LogP contribution < -0.4 is 15.4 Å². The molecule has 1 aromatic carbocycles. The lowest BCUT2D eigenvalue weighted by atomic mass is 10.2. The topological polar surface area (TPSA) is 75.2 Å². The number of likely N-dealkylation sites (tertiary alicyclic amines) is 1. The van der Waals surface area contributed by atoms with Crippen LogP contribution in [0, 0.1) is 0 Å². The Balaban J connectivity index is 1.95. The number of amides is 1. The minimum absolute atomic E-state index is 0.0555. The highest BCUT2D eigenvalue weighted by molar-refractivity contribution is 5.80. The van der Waals surface area contributed by atoms with E-state index in [9.17, 15) is 4.79 Å². The molecule has 1 aliphatic heterocycles. The zero-order chi connectivity index (χ0) is 20.6. The molecule has 0 radical (unpaired) electrons. The summed E-state index contributed by atoms with van der Waals surface area (Å²) < 4.78 is 10.9. The molecule has 1 aromatic rings. The smallest absolute Gasteiger partial charge is 0.407 e. The zero-order valence-corrected chi connectivity index (χ0v) is 17.7. The fourth-order valence-corrected chi connectivity index (χ4v) is 3.04. The van der Waals surface area contributed by atoms with Gasteiger partial charge in [0, 0.05) is 19.6 Å². The Hall–Kier alpha value is -2.44. The van der Waals surface area contributed by atoms with Gasteiger partial charge in [-0.2, -0.15) is 0 Å². The quantitative estimate of drug-likeness (QED) is 0.576. The van der Waals surface area contributed by atoms with E-state index in [0.29, 0.717) is 19.7 Å². The summed E-state index contributed by atoms with van der Waals surface area (Å²) in [5, 5.41) is 6.30. The third-order valence-corrected chi connectivity index (χ3v) is 4.16. The first kappa shape index (κ1) is 21.9. The average molecular weight is 391 g/mol. The molecule has 0 aliphatic carbocycles. The number of carbonyl (C=O) groups is 1. The largest absolute Gasteiger partial charge is 0.494 e. The fraction of sp³-hybridized carbons (Fsp3) is 0.619. The van der Waals surface area contributed by atoms with Crippen LogP contribution in [0.4, 0.5) is 4.79 Å². The number of hydrogen-bond donors (Lipinski definition) is 2. The molecule has 1 saturated heterocycles. The van der Waals surface area contributed by atoms with Crippen LogP contribution in [-0.4, -0.2) is 54.8 Å². The maximum absolute atomic E-state index is 12.0. The van der Waals surface area contributed by atoms with Crippen LogP contribution in [0.3, 0.4) is 0 Å². The van der Waals surface area contributed by atoms with Crippen LogP contribution in [0.1, 0.15) is 46.6 Å². The molecule has 1 amide bonds. The van der Waals surface area contributed by atoms with E-state index in [1.165, 1.54) is 0 Å². The Morgan fingerprint density at radius 3 is 2.79 bits per heavy atom. The normalized spacial score (nSPS) is 17.4. The van der Waals surface area contributed by atoms with Crippen LogP contribution in [0.25, 0.3) is 0 Å². The summed E-state index contributed by atoms with van der Waals surface area (Å²) in [5.41, 5.74) is 0.610. The monoisotopic (exact) mass is 390 g/mol. The lowest BCUT2D eigenvalue weighted by Gasteiger charge is -2.23. The predicted molar refractivity (Wildman–Crippen MR) is 112 cm³/mol. The average Bonchev–Trinajstić information content (AvgIpc) is 3.05. The van der Waals surface area contributed by atoms with Crippen LogP contribution in [-0.2, 0) is 11.3 Å². The number of carbonyl (C=O) groups excluding carboxylic acids is 1. The molecule has 0 saturated carbocycles. The number of guanidine groups is 1. The summed E-state index contributed by atoms with van der Waals surface area (Å²) in [6.45, 7) is 13.2. The number of alkyl carbamates (subject to hydrolysis) is 1. The van der Waals surface area contributed by atoms with Crippen LogP contribution >= 0.6 is 0 Å². The molecule has 0 bridgehead atoms. The Labute approximate surface area is 168 Å². The van der Waals surface area contributed by atoms with Gasteiger partial charge < -0.3 is 25.0 Å². The van der Waals surface area contributed by atoms with Gasteiger partial charge in [-0.3, -0.25) is 0 Å². The van der Waals surface area contributed by atoms with Gasteiger partial charge in [0.25, 0.3) is 0 Å². The molecular weight excluding hydrogens is 356 g/mol. The predicted octanol–water partition coefficient (Wildman–Crippen LogP) is 3.15. The number of nitrogens with zero attached hydrogens (tertiary/aromatic N) is 2. The Morgan fingerprint density at radius 1 is 1.32 bits per heavy atom. The summed E-state index contributed by atoms with van der Waals surface area (Å²) in [4.78, 5) is 19.0. The molecule has 2 N–H and O–H groups in total. The molecule has 1 heterocycles. The minimum atomic E-state index is -0.491. The molecule has 1 atom stereocenters. The van der Waals surface area contributed by atoms with Gasteiger partial charge in [-0.15, -0.1) is 0 Å². The first-order valence-corrected chi connectivity index (χ1v) is 10.0. The number of ether oxygens (including phenoxy) is 2. The van der Waals surface area contributed by atoms with E-state index in [0.717, 1.165) is 36.8 Å². The van der Waals surface area contributed by atoms with Gasteiger partial charge in [0.15, 0.2) is 5.96 Å². The molecule has 1 aliphatic rings. The van der Waals surface area contributed by atoms with Crippen molar-refractivity contribution in [1.29, 1.82) is 0 Å². The van der Waals surface area contributed by atoms with Crippen molar-refractivity contribution < 1.29 is 14.3 Å². The molecule has 0 aromatic heterocycles. The van der Waals surface area contributed by atoms with E-state index in [2.05, 4.69) is 22.5 Å². The highest BCUT2D eigenvalue weighted by atomic mass is 16.6. The van der Waals surface area contributed by atoms with Crippen molar-refractivity contribution in [3.8, 4) is 5.75 Å². The van der Waals surface area contributed by atoms with Gasteiger partial charge in [0.05, 0.1) is 19.2 Å². The molecule has 28 heavy (non-hydrogen) atoms. The van der Waals surface area contributed by atoms with Crippen molar-refractivity contribution in [1.82, 2.24) is 15.5 Å². The van der Waals surface area contributed by atoms with Gasteiger partial charge in [0.2, 0.25) is 0 Å². The summed E-state index contributed by atoms with van der Waals surface area (Å²) in [5.74, 6) is 1.72. The second-order valence-electron chi connectivity index (χ2n) is 7.83. The third-order valence-electron chi connectivity index (χ3n) is 4.16. The molecule has 156 valence electrons. The molecule has 1 fully saturated rings. The zero-order valence-electron chi connectivity index (χ0n) is 17.7. The van der Waals surface area contributed by atoms with E-state index in [1.54, 1.807) is 0 Å². The van der Waals surface area contributed by atoms with Gasteiger partial charge in [-0.25, -0.2) is 9.79 Å². The standard InChI is InChI=1S/C21H34N4O3/c1-6-22-19(23-14-16-9-8-10-18(13-16)27-7-2)25-12-11-17(15-25)24-20(26)28-21(3,4)5/h8-10,13,17H,6-7,11-12,14-15H2,1-5H3,(H,22,23)(H,24,26). The Kier molecular flexibility index (Phi) is 7.96. The van der Waals surface area contributed by atoms with E-state index in [1.807, 2.05) is 52.0 Å². The van der Waals surface area contributed by atoms with Crippen molar-refractivity contribution >= 4 is 12.1 Å². The van der Waals surface area contributed by atoms with E-state index >= 15 is 0 Å². The lowest BCUT2D eigenvalue weighted by Crippen LogP contribution is -2.44. The number of rotatable bonds is 6. The van der Waals surface area contributed by atoms with E-state index in [-0.39, 0.29) is 12.1 Å². The van der Waals surface area contributed by atoms with Gasteiger partial charge in [0.1, 0.15) is 11.4 Å². The van der Waals surface area contributed by atoms with Crippen molar-refractivity contribution in [3.05, 3.63) is 29.8 Å². The highest BCUT2D eigenvalue weighted by Crippen LogP contribution is 2.15. The first-order chi connectivity index (χ1) is 13.3. The van der Waals surface area contributed by atoms with Gasteiger partial charge in [-0.1, -0.05) is 12.1 Å². The second kappa shape index (κ2) is 10.2.